The van der Waals surface area contributed by atoms with E-state index in [9.17, 15) is 26.4 Å². The maximum absolute atomic E-state index is 13.9. The molecule has 0 radical (unpaired) electrons. The van der Waals surface area contributed by atoms with Crippen LogP contribution in [0.3, 0.4) is 0 Å². The summed E-state index contributed by atoms with van der Waals surface area (Å²) >= 11 is 0. The van der Waals surface area contributed by atoms with Crippen LogP contribution in [0.2, 0.25) is 0 Å². The molecule has 1 aromatic rings. The Morgan fingerprint density at radius 2 is 2.08 bits per heavy atom. The van der Waals surface area contributed by atoms with Crippen LogP contribution in [0.15, 0.2) is 30.9 Å². The van der Waals surface area contributed by atoms with Crippen molar-refractivity contribution in [3.8, 4) is 5.75 Å². The van der Waals surface area contributed by atoms with Gasteiger partial charge < -0.3 is 10.1 Å². The first-order chi connectivity index (χ1) is 12.1. The third kappa shape index (κ3) is 4.98. The molecule has 10 heteroatoms. The second kappa shape index (κ2) is 7.67. The van der Waals surface area contributed by atoms with Crippen LogP contribution in [0.4, 0.5) is 13.2 Å². The number of rotatable bonds is 9. The zero-order valence-electron chi connectivity index (χ0n) is 14.0. The summed E-state index contributed by atoms with van der Waals surface area (Å²) in [6, 6.07) is 3.52. The van der Waals surface area contributed by atoms with E-state index in [2.05, 4.69) is 11.9 Å². The van der Waals surface area contributed by atoms with E-state index < -0.39 is 39.1 Å². The highest BCUT2D eigenvalue weighted by Gasteiger charge is 2.48. The molecule has 1 aliphatic rings. The Morgan fingerprint density at radius 3 is 2.62 bits per heavy atom. The Bertz CT molecular complexity index is 795. The predicted octanol–water partition coefficient (Wildman–Crippen LogP) is 2.24. The molecule has 1 aromatic carbocycles. The molecule has 1 fully saturated rings. The van der Waals surface area contributed by atoms with Crippen molar-refractivity contribution in [1.82, 2.24) is 10.0 Å². The SMILES string of the molecule is C=CC(=O)NC(C)c1ccc(F)c(OCC2(NS(=O)(=O)C(F)F)CC2)c1. The van der Waals surface area contributed by atoms with E-state index in [1.807, 2.05) is 4.72 Å². The highest BCUT2D eigenvalue weighted by atomic mass is 32.2. The van der Waals surface area contributed by atoms with Gasteiger partial charge >= 0.3 is 5.76 Å². The number of halogens is 3. The van der Waals surface area contributed by atoms with Crippen molar-refractivity contribution in [3.05, 3.63) is 42.2 Å². The molecule has 2 rings (SSSR count). The third-order valence-electron chi connectivity index (χ3n) is 3.95. The molecule has 0 spiro atoms. The van der Waals surface area contributed by atoms with E-state index in [-0.39, 0.29) is 12.4 Å². The van der Waals surface area contributed by atoms with Crippen LogP contribution < -0.4 is 14.8 Å². The molecule has 1 amide bonds. The first-order valence-electron chi connectivity index (χ1n) is 7.75. The molecule has 0 heterocycles. The number of carbonyl (C=O) groups is 1. The van der Waals surface area contributed by atoms with Crippen LogP contribution in [0.1, 0.15) is 31.4 Å². The topological polar surface area (TPSA) is 84.5 Å². The van der Waals surface area contributed by atoms with E-state index in [0.29, 0.717) is 18.4 Å². The lowest BCUT2D eigenvalue weighted by atomic mass is 10.1. The summed E-state index contributed by atoms with van der Waals surface area (Å²) in [7, 11) is -4.76. The minimum atomic E-state index is -4.76. The van der Waals surface area contributed by atoms with Crippen LogP contribution in [-0.2, 0) is 14.8 Å². The zero-order chi connectivity index (χ0) is 19.5. The molecule has 0 saturated heterocycles. The lowest BCUT2D eigenvalue weighted by Crippen LogP contribution is -2.43. The number of hydrogen-bond donors (Lipinski definition) is 2. The first kappa shape index (κ1) is 20.2. The van der Waals surface area contributed by atoms with Gasteiger partial charge in [0.05, 0.1) is 11.6 Å². The molecule has 0 bridgehead atoms. The second-order valence-electron chi connectivity index (χ2n) is 6.10. The Balaban J connectivity index is 2.07. The second-order valence-corrected chi connectivity index (χ2v) is 7.75. The molecule has 2 N–H and O–H groups in total. The van der Waals surface area contributed by atoms with Gasteiger partial charge in [-0.05, 0) is 43.5 Å². The number of amides is 1. The Hall–Kier alpha value is -2.07. The van der Waals surface area contributed by atoms with Gasteiger partial charge in [0.15, 0.2) is 11.6 Å². The van der Waals surface area contributed by atoms with Crippen LogP contribution in [0, 0.1) is 5.82 Å². The lowest BCUT2D eigenvalue weighted by Gasteiger charge is -2.19. The maximum Gasteiger partial charge on any atom is 0.350 e. The predicted molar refractivity (Wildman–Crippen MR) is 88.7 cm³/mol. The van der Waals surface area contributed by atoms with Gasteiger partial charge in [-0.1, -0.05) is 12.6 Å². The molecule has 0 aliphatic heterocycles. The monoisotopic (exact) mass is 392 g/mol. The fourth-order valence-electron chi connectivity index (χ4n) is 2.24. The van der Waals surface area contributed by atoms with Gasteiger partial charge in [0.2, 0.25) is 5.91 Å². The van der Waals surface area contributed by atoms with E-state index in [1.54, 1.807) is 6.92 Å². The summed E-state index contributed by atoms with van der Waals surface area (Å²) in [4.78, 5) is 11.3. The molecule has 1 saturated carbocycles. The fraction of sp³-hybridized carbons (Fsp3) is 0.438. The van der Waals surface area contributed by atoms with Crippen molar-refractivity contribution in [2.24, 2.45) is 0 Å². The zero-order valence-corrected chi connectivity index (χ0v) is 14.8. The Morgan fingerprint density at radius 1 is 1.42 bits per heavy atom. The number of nitrogens with one attached hydrogen (secondary N) is 2. The van der Waals surface area contributed by atoms with Crippen molar-refractivity contribution in [3.63, 3.8) is 0 Å². The van der Waals surface area contributed by atoms with Crippen LogP contribution >= 0.6 is 0 Å². The minimum absolute atomic E-state index is 0.162. The van der Waals surface area contributed by atoms with Crippen LogP contribution in [0.5, 0.6) is 5.75 Å². The normalized spacial score (nSPS) is 16.8. The number of hydrogen-bond acceptors (Lipinski definition) is 4. The highest BCUT2D eigenvalue weighted by molar-refractivity contribution is 7.89. The average molecular weight is 392 g/mol. The first-order valence-corrected chi connectivity index (χ1v) is 9.29. The Kier molecular flexibility index (Phi) is 5.97. The molecule has 1 aliphatic carbocycles. The molecular weight excluding hydrogens is 373 g/mol. The molecule has 26 heavy (non-hydrogen) atoms. The average Bonchev–Trinajstić information content (AvgIpc) is 3.32. The van der Waals surface area contributed by atoms with Crippen LogP contribution in [0.25, 0.3) is 0 Å². The quantitative estimate of drug-likeness (QED) is 0.632. The summed E-state index contributed by atoms with van der Waals surface area (Å²) in [5.74, 6) is -4.80. The largest absolute Gasteiger partial charge is 0.489 e. The van der Waals surface area contributed by atoms with Gasteiger partial charge in [0.25, 0.3) is 10.0 Å². The summed E-state index contributed by atoms with van der Waals surface area (Å²) < 4.78 is 68.7. The van der Waals surface area contributed by atoms with Gasteiger partial charge in [-0.15, -0.1) is 0 Å². The lowest BCUT2D eigenvalue weighted by molar-refractivity contribution is -0.117. The van der Waals surface area contributed by atoms with E-state index in [1.165, 1.54) is 12.1 Å². The van der Waals surface area contributed by atoms with Gasteiger partial charge in [-0.3, -0.25) is 4.79 Å². The number of carbonyl (C=O) groups excluding carboxylic acids is 1. The number of ether oxygens (including phenoxy) is 1. The standard InChI is InChI=1S/C16H19F3N2O4S/c1-3-14(22)20-10(2)11-4-5-12(17)13(8-11)25-9-16(6-7-16)21-26(23,24)15(18)19/h3-5,8,10,15,21H,1,6-7,9H2,2H3,(H,20,22). The summed E-state index contributed by atoms with van der Waals surface area (Å²) in [5, 5.41) is 2.61. The third-order valence-corrected chi connectivity index (χ3v) is 5.14. The van der Waals surface area contributed by atoms with Crippen molar-refractivity contribution in [2.75, 3.05) is 6.61 Å². The molecule has 0 aromatic heterocycles. The number of sulfonamides is 1. The maximum atomic E-state index is 13.9. The van der Waals surface area contributed by atoms with Crippen molar-refractivity contribution in [2.45, 2.75) is 37.1 Å². The fourth-order valence-corrected chi connectivity index (χ4v) is 3.20. The summed E-state index contributed by atoms with van der Waals surface area (Å²) in [6.07, 6.45) is 1.72. The van der Waals surface area contributed by atoms with Gasteiger partial charge in [-0.25, -0.2) is 17.5 Å². The van der Waals surface area contributed by atoms with Gasteiger partial charge in [0, 0.05) is 0 Å². The smallest absolute Gasteiger partial charge is 0.350 e. The van der Waals surface area contributed by atoms with Crippen molar-refractivity contribution < 1.29 is 31.1 Å². The highest BCUT2D eigenvalue weighted by Crippen LogP contribution is 2.37. The van der Waals surface area contributed by atoms with Crippen molar-refractivity contribution >= 4 is 15.9 Å². The van der Waals surface area contributed by atoms with Crippen LogP contribution in [-0.4, -0.2) is 32.2 Å². The molecule has 1 atom stereocenters. The molecule has 1 unspecified atom stereocenters. The van der Waals surface area contributed by atoms with E-state index in [4.69, 9.17) is 4.74 Å². The van der Waals surface area contributed by atoms with Gasteiger partial charge in [-0.2, -0.15) is 8.78 Å². The van der Waals surface area contributed by atoms with E-state index >= 15 is 0 Å². The Labute approximate surface area is 149 Å². The molecular formula is C16H19F3N2O4S. The summed E-state index contributed by atoms with van der Waals surface area (Å²) in [5.41, 5.74) is -0.602. The minimum Gasteiger partial charge on any atom is -0.489 e. The summed E-state index contributed by atoms with van der Waals surface area (Å²) in [6.45, 7) is 4.73. The van der Waals surface area contributed by atoms with Crippen molar-refractivity contribution in [1.29, 1.82) is 0 Å². The number of alkyl halides is 2. The van der Waals surface area contributed by atoms with E-state index in [0.717, 1.165) is 12.1 Å². The molecule has 6 nitrogen and oxygen atoms in total. The molecule has 144 valence electrons. The van der Waals surface area contributed by atoms with Gasteiger partial charge in [0.1, 0.15) is 6.61 Å². The number of benzene rings is 1.